The highest BCUT2D eigenvalue weighted by molar-refractivity contribution is 5.91. The van der Waals surface area contributed by atoms with E-state index in [1.807, 2.05) is 0 Å². The molecule has 6 nitrogen and oxygen atoms in total. The van der Waals surface area contributed by atoms with Crippen molar-refractivity contribution in [2.75, 3.05) is 7.05 Å². The van der Waals surface area contributed by atoms with Crippen molar-refractivity contribution in [3.63, 3.8) is 0 Å². The van der Waals surface area contributed by atoms with Crippen molar-refractivity contribution in [1.29, 1.82) is 0 Å². The van der Waals surface area contributed by atoms with E-state index in [1.54, 1.807) is 0 Å². The van der Waals surface area contributed by atoms with Crippen molar-refractivity contribution < 1.29 is 10.0 Å². The van der Waals surface area contributed by atoms with Gasteiger partial charge in [-0.1, -0.05) is 4.85 Å². The molecule has 6 heteroatoms. The number of aromatic nitrogens is 3. The summed E-state index contributed by atoms with van der Waals surface area (Å²) in [6, 6.07) is 0. The van der Waals surface area contributed by atoms with Crippen LogP contribution in [-0.2, 0) is 0 Å². The molecular formula is C4H6N4O2. The first-order chi connectivity index (χ1) is 4.75. The van der Waals surface area contributed by atoms with Gasteiger partial charge < -0.3 is 10.5 Å². The molecule has 0 spiro atoms. The van der Waals surface area contributed by atoms with Gasteiger partial charge in [-0.15, -0.1) is 5.10 Å². The second-order valence-corrected chi connectivity index (χ2v) is 1.59. The van der Waals surface area contributed by atoms with Crippen LogP contribution in [0.3, 0.4) is 0 Å². The molecule has 0 aliphatic rings. The van der Waals surface area contributed by atoms with Gasteiger partial charge in [-0.25, -0.2) is 0 Å². The molecule has 0 saturated carbocycles. The maximum atomic E-state index is 10.7. The van der Waals surface area contributed by atoms with Gasteiger partial charge in [0, 0.05) is 7.05 Å². The molecular weight excluding hydrogens is 136 g/mol. The third kappa shape index (κ3) is 0.903. The Bertz CT molecular complexity index is 243. The SMILES string of the molecule is CNC(=O)c1cnnn1O. The Kier molecular flexibility index (Phi) is 1.53. The Balaban J connectivity index is 2.93. The van der Waals surface area contributed by atoms with E-state index < -0.39 is 5.91 Å². The van der Waals surface area contributed by atoms with Crippen molar-refractivity contribution in [2.45, 2.75) is 0 Å². The Labute approximate surface area is 56.4 Å². The lowest BCUT2D eigenvalue weighted by Crippen LogP contribution is -2.21. The van der Waals surface area contributed by atoms with E-state index in [-0.39, 0.29) is 5.69 Å². The van der Waals surface area contributed by atoms with Gasteiger partial charge in [-0.2, -0.15) is 0 Å². The molecule has 0 saturated heterocycles. The van der Waals surface area contributed by atoms with Gasteiger partial charge in [0.25, 0.3) is 5.91 Å². The molecule has 54 valence electrons. The fourth-order valence-corrected chi connectivity index (χ4v) is 0.507. The second-order valence-electron chi connectivity index (χ2n) is 1.59. The molecule has 1 heterocycles. The highest BCUT2D eigenvalue weighted by atomic mass is 16.5. The highest BCUT2D eigenvalue weighted by Gasteiger charge is 2.09. The molecule has 0 aliphatic carbocycles. The van der Waals surface area contributed by atoms with E-state index in [4.69, 9.17) is 5.21 Å². The molecule has 1 amide bonds. The van der Waals surface area contributed by atoms with Crippen LogP contribution in [0.5, 0.6) is 0 Å². The van der Waals surface area contributed by atoms with E-state index in [2.05, 4.69) is 15.6 Å². The monoisotopic (exact) mass is 142 g/mol. The lowest BCUT2D eigenvalue weighted by atomic mass is 10.4. The van der Waals surface area contributed by atoms with Crippen molar-refractivity contribution in [2.24, 2.45) is 0 Å². The Hall–Kier alpha value is -1.59. The maximum absolute atomic E-state index is 10.7. The van der Waals surface area contributed by atoms with Gasteiger partial charge in [-0.05, 0) is 5.21 Å². The minimum Gasteiger partial charge on any atom is -0.410 e. The molecule has 0 radical (unpaired) electrons. The predicted octanol–water partition coefficient (Wildman–Crippen LogP) is -1.13. The summed E-state index contributed by atoms with van der Waals surface area (Å²) < 4.78 is 0. The highest BCUT2D eigenvalue weighted by Crippen LogP contribution is 1.90. The van der Waals surface area contributed by atoms with Gasteiger partial charge in [0.05, 0.1) is 6.20 Å². The Morgan fingerprint density at radius 3 is 3.00 bits per heavy atom. The molecule has 2 N–H and O–H groups in total. The topological polar surface area (TPSA) is 80.0 Å². The molecule has 1 aromatic rings. The minimum atomic E-state index is -0.424. The summed E-state index contributed by atoms with van der Waals surface area (Å²) in [5, 5.41) is 17.5. The summed E-state index contributed by atoms with van der Waals surface area (Å²) in [6.45, 7) is 0. The zero-order chi connectivity index (χ0) is 7.56. The van der Waals surface area contributed by atoms with E-state index in [0.29, 0.717) is 4.85 Å². The lowest BCUT2D eigenvalue weighted by molar-refractivity contribution is 0.0875. The van der Waals surface area contributed by atoms with Crippen LogP contribution in [0.15, 0.2) is 6.20 Å². The zero-order valence-electron chi connectivity index (χ0n) is 5.27. The Morgan fingerprint density at radius 1 is 1.90 bits per heavy atom. The van der Waals surface area contributed by atoms with Gasteiger partial charge >= 0.3 is 0 Å². The van der Waals surface area contributed by atoms with E-state index in [9.17, 15) is 4.79 Å². The quantitative estimate of drug-likeness (QED) is 0.486. The molecule has 1 rings (SSSR count). The summed E-state index contributed by atoms with van der Waals surface area (Å²) in [7, 11) is 1.45. The number of nitrogens with zero attached hydrogens (tertiary/aromatic N) is 3. The van der Waals surface area contributed by atoms with Crippen LogP contribution in [0.25, 0.3) is 0 Å². The van der Waals surface area contributed by atoms with Crippen molar-refractivity contribution in [3.8, 4) is 0 Å². The third-order valence-corrected chi connectivity index (χ3v) is 0.992. The van der Waals surface area contributed by atoms with Crippen molar-refractivity contribution in [1.82, 2.24) is 20.5 Å². The molecule has 0 bridgehead atoms. The minimum absolute atomic E-state index is 0.0162. The molecule has 0 unspecified atom stereocenters. The fourth-order valence-electron chi connectivity index (χ4n) is 0.507. The van der Waals surface area contributed by atoms with Crippen molar-refractivity contribution in [3.05, 3.63) is 11.9 Å². The number of nitrogens with one attached hydrogen (secondary N) is 1. The molecule has 0 aromatic carbocycles. The molecule has 0 aliphatic heterocycles. The van der Waals surface area contributed by atoms with Gasteiger partial charge in [0.15, 0.2) is 5.69 Å². The van der Waals surface area contributed by atoms with Crippen LogP contribution in [-0.4, -0.2) is 33.3 Å². The summed E-state index contributed by atoms with van der Waals surface area (Å²) >= 11 is 0. The number of hydrogen-bond acceptors (Lipinski definition) is 4. The van der Waals surface area contributed by atoms with Crippen LogP contribution in [0.4, 0.5) is 0 Å². The van der Waals surface area contributed by atoms with E-state index in [1.165, 1.54) is 13.2 Å². The average molecular weight is 142 g/mol. The summed E-state index contributed by atoms with van der Waals surface area (Å²) in [6.07, 6.45) is 1.17. The number of carbonyl (C=O) groups is 1. The van der Waals surface area contributed by atoms with Gasteiger partial charge in [0.2, 0.25) is 0 Å². The third-order valence-electron chi connectivity index (χ3n) is 0.992. The predicted molar refractivity (Wildman–Crippen MR) is 30.6 cm³/mol. The van der Waals surface area contributed by atoms with Crippen LogP contribution in [0.2, 0.25) is 0 Å². The van der Waals surface area contributed by atoms with Gasteiger partial charge in [-0.3, -0.25) is 4.79 Å². The van der Waals surface area contributed by atoms with Gasteiger partial charge in [0.1, 0.15) is 0 Å². The second kappa shape index (κ2) is 2.34. The molecule has 0 atom stereocenters. The number of rotatable bonds is 1. The summed E-state index contributed by atoms with van der Waals surface area (Å²) in [5.74, 6) is -0.424. The van der Waals surface area contributed by atoms with E-state index >= 15 is 0 Å². The van der Waals surface area contributed by atoms with Crippen LogP contribution >= 0.6 is 0 Å². The van der Waals surface area contributed by atoms with Crippen LogP contribution < -0.4 is 5.32 Å². The number of hydrogen-bond donors (Lipinski definition) is 2. The van der Waals surface area contributed by atoms with E-state index in [0.717, 1.165) is 0 Å². The summed E-state index contributed by atoms with van der Waals surface area (Å²) in [4.78, 5) is 11.1. The number of amides is 1. The fraction of sp³-hybridized carbons (Fsp3) is 0.250. The normalized spacial score (nSPS) is 9.30. The smallest absolute Gasteiger partial charge is 0.274 e. The molecule has 1 aromatic heterocycles. The first-order valence-corrected chi connectivity index (χ1v) is 2.57. The van der Waals surface area contributed by atoms with Crippen LogP contribution in [0.1, 0.15) is 10.5 Å². The molecule has 10 heavy (non-hydrogen) atoms. The lowest BCUT2D eigenvalue weighted by Gasteiger charge is -1.94. The number of carbonyl (C=O) groups excluding carboxylic acids is 1. The first kappa shape index (κ1) is 6.53. The Morgan fingerprint density at radius 2 is 2.60 bits per heavy atom. The van der Waals surface area contributed by atoms with Crippen molar-refractivity contribution >= 4 is 5.91 Å². The summed E-state index contributed by atoms with van der Waals surface area (Å²) in [5.41, 5.74) is 0.0162. The maximum Gasteiger partial charge on any atom is 0.274 e. The zero-order valence-corrected chi connectivity index (χ0v) is 5.27. The van der Waals surface area contributed by atoms with Crippen LogP contribution in [0, 0.1) is 0 Å². The first-order valence-electron chi connectivity index (χ1n) is 2.57. The largest absolute Gasteiger partial charge is 0.410 e. The average Bonchev–Trinajstić information content (AvgIpc) is 2.34. The molecule has 0 fully saturated rings. The standard InChI is InChI=1S/C4H6N4O2/c1-5-4(9)3-2-6-7-8(3)10/h2,10H,1H3,(H,5,9).